The molecule has 0 aromatic rings. The molecule has 2 fully saturated rings. The van der Waals surface area contributed by atoms with Gasteiger partial charge in [0.25, 0.3) is 0 Å². The van der Waals surface area contributed by atoms with Crippen molar-refractivity contribution in [2.75, 3.05) is 0 Å². The molecule has 2 heteroatoms. The van der Waals surface area contributed by atoms with Crippen molar-refractivity contribution in [2.24, 2.45) is 11.8 Å². The summed E-state index contributed by atoms with van der Waals surface area (Å²) in [7, 11) is 0. The maximum Gasteiger partial charge on any atom is 0.146 e. The lowest BCUT2D eigenvalue weighted by Gasteiger charge is -2.31. The summed E-state index contributed by atoms with van der Waals surface area (Å²) in [6.45, 7) is 0. The fraction of sp³-hybridized carbons (Fsp3) is 0.778. The van der Waals surface area contributed by atoms with Crippen LogP contribution in [0, 0.1) is 11.8 Å². The van der Waals surface area contributed by atoms with Crippen LogP contribution in [0.5, 0.6) is 0 Å². The van der Waals surface area contributed by atoms with Crippen molar-refractivity contribution in [1.29, 1.82) is 0 Å². The van der Waals surface area contributed by atoms with E-state index in [-0.39, 0.29) is 23.4 Å². The molecule has 0 N–H and O–H groups in total. The summed E-state index contributed by atoms with van der Waals surface area (Å²) in [4.78, 5) is 22.6. The first kappa shape index (κ1) is 7.01. The lowest BCUT2D eigenvalue weighted by atomic mass is 9.71. The zero-order valence-electron chi connectivity index (χ0n) is 6.51. The number of hydrogen-bond donors (Lipinski definition) is 0. The highest BCUT2D eigenvalue weighted by Gasteiger charge is 2.39. The topological polar surface area (TPSA) is 34.1 Å². The van der Waals surface area contributed by atoms with Gasteiger partial charge in [0, 0.05) is 12.3 Å². The molecular weight excluding hydrogens is 140 g/mol. The van der Waals surface area contributed by atoms with Crippen LogP contribution < -0.4 is 0 Å². The van der Waals surface area contributed by atoms with Crippen LogP contribution in [0.2, 0.25) is 0 Å². The molecule has 2 saturated carbocycles. The summed E-state index contributed by atoms with van der Waals surface area (Å²) in [6.07, 6.45) is 4.42. The zero-order valence-corrected chi connectivity index (χ0v) is 6.51. The van der Waals surface area contributed by atoms with Gasteiger partial charge in [0.1, 0.15) is 11.6 Å². The third-order valence-electron chi connectivity index (χ3n) is 2.92. The van der Waals surface area contributed by atoms with Crippen LogP contribution in [-0.4, -0.2) is 11.6 Å². The largest absolute Gasteiger partial charge is 0.299 e. The molecule has 0 aromatic heterocycles. The molecule has 60 valence electrons. The number of carbonyl (C=O) groups excluding carboxylic acids is 2. The molecule has 11 heavy (non-hydrogen) atoms. The quantitative estimate of drug-likeness (QED) is 0.491. The Hall–Kier alpha value is -0.660. The first-order chi connectivity index (χ1) is 5.29. The van der Waals surface area contributed by atoms with Gasteiger partial charge < -0.3 is 0 Å². The van der Waals surface area contributed by atoms with Crippen LogP contribution in [0.25, 0.3) is 0 Å². The van der Waals surface area contributed by atoms with Gasteiger partial charge in [0.15, 0.2) is 0 Å². The Morgan fingerprint density at radius 3 is 2.64 bits per heavy atom. The van der Waals surface area contributed by atoms with Crippen LogP contribution in [0.1, 0.15) is 32.1 Å². The summed E-state index contributed by atoms with van der Waals surface area (Å²) in [5.41, 5.74) is 0. The van der Waals surface area contributed by atoms with E-state index in [0.717, 1.165) is 25.7 Å². The third-order valence-corrected chi connectivity index (χ3v) is 2.92. The van der Waals surface area contributed by atoms with Crippen LogP contribution in [0.3, 0.4) is 0 Å². The minimum absolute atomic E-state index is 0.192. The predicted molar refractivity (Wildman–Crippen MR) is 40.1 cm³/mol. The first-order valence-electron chi connectivity index (χ1n) is 4.35. The van der Waals surface area contributed by atoms with E-state index in [1.165, 1.54) is 0 Å². The molecule has 0 aliphatic heterocycles. The minimum Gasteiger partial charge on any atom is -0.299 e. The second-order valence-electron chi connectivity index (χ2n) is 3.59. The van der Waals surface area contributed by atoms with Crippen molar-refractivity contribution in [3.05, 3.63) is 0 Å². The highest BCUT2D eigenvalue weighted by molar-refractivity contribution is 6.05. The standard InChI is InChI=1S/C9H12O2/c10-8-5-4-6-2-1-3-7(8)9(6)11/h6-7H,1-5H2/t6-,7+/m1/s1. The lowest BCUT2D eigenvalue weighted by Crippen LogP contribution is -2.38. The van der Waals surface area contributed by atoms with E-state index in [2.05, 4.69) is 0 Å². The minimum atomic E-state index is -0.192. The molecule has 0 aromatic carbocycles. The predicted octanol–water partition coefficient (Wildman–Crippen LogP) is 1.33. The fourth-order valence-corrected chi connectivity index (χ4v) is 2.23. The van der Waals surface area contributed by atoms with Gasteiger partial charge in [-0.1, -0.05) is 6.42 Å². The van der Waals surface area contributed by atoms with E-state index in [9.17, 15) is 9.59 Å². The highest BCUT2D eigenvalue weighted by Crippen LogP contribution is 2.34. The van der Waals surface area contributed by atoms with E-state index in [1.807, 2.05) is 0 Å². The van der Waals surface area contributed by atoms with Crippen molar-refractivity contribution >= 4 is 11.6 Å². The van der Waals surface area contributed by atoms with Gasteiger partial charge in [-0.3, -0.25) is 9.59 Å². The molecule has 2 atom stereocenters. The summed E-state index contributed by atoms with van der Waals surface area (Å²) < 4.78 is 0. The third kappa shape index (κ3) is 1.01. The number of rotatable bonds is 0. The molecule has 0 amide bonds. The van der Waals surface area contributed by atoms with Crippen LogP contribution >= 0.6 is 0 Å². The summed E-state index contributed by atoms with van der Waals surface area (Å²) in [5.74, 6) is 0.493. The number of ketones is 2. The molecular formula is C9H12O2. The van der Waals surface area contributed by atoms with E-state index >= 15 is 0 Å². The van der Waals surface area contributed by atoms with Crippen LogP contribution in [-0.2, 0) is 9.59 Å². The van der Waals surface area contributed by atoms with E-state index in [1.54, 1.807) is 0 Å². The van der Waals surface area contributed by atoms with Crippen molar-refractivity contribution in [3.8, 4) is 0 Å². The van der Waals surface area contributed by atoms with Crippen LogP contribution in [0.15, 0.2) is 0 Å². The van der Waals surface area contributed by atoms with Gasteiger partial charge in [-0.05, 0) is 19.3 Å². The normalized spacial score (nSPS) is 37.5. The van der Waals surface area contributed by atoms with Crippen molar-refractivity contribution in [3.63, 3.8) is 0 Å². The Bertz CT molecular complexity index is 208. The Morgan fingerprint density at radius 2 is 1.91 bits per heavy atom. The molecule has 2 rings (SSSR count). The van der Waals surface area contributed by atoms with Gasteiger partial charge in [-0.25, -0.2) is 0 Å². The molecule has 0 spiro atoms. The second kappa shape index (κ2) is 2.43. The Balaban J connectivity index is 2.22. The average Bonchev–Trinajstić information content (AvgIpc) is 1.98. The average molecular weight is 152 g/mol. The number of carbonyl (C=O) groups is 2. The Labute approximate surface area is 66.0 Å². The van der Waals surface area contributed by atoms with E-state index in [0.29, 0.717) is 6.42 Å². The van der Waals surface area contributed by atoms with Crippen molar-refractivity contribution in [2.45, 2.75) is 32.1 Å². The number of Topliss-reactive ketones (excluding diaryl/α,β-unsaturated/α-hetero) is 2. The second-order valence-corrected chi connectivity index (χ2v) is 3.59. The highest BCUT2D eigenvalue weighted by atomic mass is 16.2. The molecule has 2 aliphatic rings. The zero-order chi connectivity index (χ0) is 7.84. The first-order valence-corrected chi connectivity index (χ1v) is 4.35. The van der Waals surface area contributed by atoms with Gasteiger partial charge >= 0.3 is 0 Å². The smallest absolute Gasteiger partial charge is 0.146 e. The summed E-state index contributed by atoms with van der Waals surface area (Å²) in [5, 5.41) is 0. The van der Waals surface area contributed by atoms with Crippen LogP contribution in [0.4, 0.5) is 0 Å². The van der Waals surface area contributed by atoms with Gasteiger partial charge in [-0.2, -0.15) is 0 Å². The molecule has 0 heterocycles. The van der Waals surface area contributed by atoms with E-state index < -0.39 is 0 Å². The Morgan fingerprint density at radius 1 is 1.09 bits per heavy atom. The molecule has 0 unspecified atom stereocenters. The molecule has 2 nitrogen and oxygen atoms in total. The SMILES string of the molecule is O=C1CC[C@H]2CCC[C@@H]1C2=O. The van der Waals surface area contributed by atoms with Gasteiger partial charge in [0.2, 0.25) is 0 Å². The van der Waals surface area contributed by atoms with Crippen molar-refractivity contribution in [1.82, 2.24) is 0 Å². The maximum atomic E-state index is 11.4. The molecule has 0 saturated heterocycles. The van der Waals surface area contributed by atoms with Crippen molar-refractivity contribution < 1.29 is 9.59 Å². The van der Waals surface area contributed by atoms with E-state index in [4.69, 9.17) is 0 Å². The monoisotopic (exact) mass is 152 g/mol. The molecule has 2 aliphatic carbocycles. The summed E-state index contributed by atoms with van der Waals surface area (Å²) in [6, 6.07) is 0. The maximum absolute atomic E-state index is 11.4. The number of hydrogen-bond acceptors (Lipinski definition) is 2. The number of fused-ring (bicyclic) bond motifs is 2. The lowest BCUT2D eigenvalue weighted by molar-refractivity contribution is -0.141. The van der Waals surface area contributed by atoms with Gasteiger partial charge in [0.05, 0.1) is 5.92 Å². The van der Waals surface area contributed by atoms with Gasteiger partial charge in [-0.15, -0.1) is 0 Å². The molecule has 2 bridgehead atoms. The molecule has 0 radical (unpaired) electrons. The summed E-state index contributed by atoms with van der Waals surface area (Å²) >= 11 is 0. The Kier molecular flexibility index (Phi) is 1.55. The fourth-order valence-electron chi connectivity index (χ4n) is 2.23.